The van der Waals surface area contributed by atoms with Crippen LogP contribution in [0.1, 0.15) is 42.6 Å². The van der Waals surface area contributed by atoms with Crippen LogP contribution in [0.2, 0.25) is 0 Å². The third-order valence-corrected chi connectivity index (χ3v) is 6.46. The van der Waals surface area contributed by atoms with Gasteiger partial charge in [0.05, 0.1) is 32.5 Å². The molecule has 5 rings (SSSR count). The molecule has 5 aromatic rings. The molecular weight excluding hydrogens is 468 g/mol. The molecular formula is C28H30N6O3. The Morgan fingerprint density at radius 1 is 1.05 bits per heavy atom. The summed E-state index contributed by atoms with van der Waals surface area (Å²) in [6, 6.07) is 21.3. The summed E-state index contributed by atoms with van der Waals surface area (Å²) in [5.41, 5.74) is 2.38. The van der Waals surface area contributed by atoms with Crippen LogP contribution in [-0.4, -0.2) is 37.2 Å². The lowest BCUT2D eigenvalue weighted by atomic mass is 10.00. The fourth-order valence-corrected chi connectivity index (χ4v) is 4.72. The van der Waals surface area contributed by atoms with Gasteiger partial charge in [0.15, 0.2) is 5.82 Å². The molecule has 0 unspecified atom stereocenters. The van der Waals surface area contributed by atoms with Crippen LogP contribution in [0, 0.1) is 5.92 Å². The Bertz CT molecular complexity index is 1510. The number of pyridine rings is 1. The van der Waals surface area contributed by atoms with Crippen molar-refractivity contribution in [3.63, 3.8) is 0 Å². The number of rotatable bonds is 10. The van der Waals surface area contributed by atoms with Crippen LogP contribution in [0.25, 0.3) is 10.9 Å². The lowest BCUT2D eigenvalue weighted by Gasteiger charge is -2.33. The predicted molar refractivity (Wildman–Crippen MR) is 140 cm³/mol. The van der Waals surface area contributed by atoms with E-state index in [-0.39, 0.29) is 17.5 Å². The number of fused-ring (bicyclic) bond motifs is 1. The second-order valence-corrected chi connectivity index (χ2v) is 9.43. The summed E-state index contributed by atoms with van der Waals surface area (Å²) in [4.78, 5) is 18.3. The Morgan fingerprint density at radius 2 is 1.89 bits per heavy atom. The van der Waals surface area contributed by atoms with Gasteiger partial charge in [0.1, 0.15) is 11.5 Å². The van der Waals surface area contributed by atoms with Crippen molar-refractivity contribution in [2.45, 2.75) is 39.5 Å². The first-order chi connectivity index (χ1) is 18.0. The van der Waals surface area contributed by atoms with Crippen LogP contribution < -0.4 is 10.3 Å². The van der Waals surface area contributed by atoms with Crippen molar-refractivity contribution < 1.29 is 9.15 Å². The fourth-order valence-electron chi connectivity index (χ4n) is 4.72. The van der Waals surface area contributed by atoms with Crippen molar-refractivity contribution in [2.75, 3.05) is 7.11 Å². The Morgan fingerprint density at radius 3 is 2.62 bits per heavy atom. The maximum Gasteiger partial charge on any atom is 0.252 e. The highest BCUT2D eigenvalue weighted by Crippen LogP contribution is 2.31. The Balaban J connectivity index is 1.54. The van der Waals surface area contributed by atoms with Crippen molar-refractivity contribution in [1.82, 2.24) is 30.1 Å². The van der Waals surface area contributed by atoms with E-state index in [4.69, 9.17) is 9.15 Å². The van der Waals surface area contributed by atoms with Gasteiger partial charge in [0.2, 0.25) is 0 Å². The average Bonchev–Trinajstić information content (AvgIpc) is 3.57. The number of aromatic amines is 1. The summed E-state index contributed by atoms with van der Waals surface area (Å²) in [7, 11) is 1.63. The molecule has 0 radical (unpaired) electrons. The number of hydrogen-bond acceptors (Lipinski definition) is 7. The molecule has 0 spiro atoms. The van der Waals surface area contributed by atoms with Gasteiger partial charge in [-0.1, -0.05) is 44.2 Å². The molecule has 1 N–H and O–H groups in total. The SMILES string of the molecule is COc1ccc2[nH]c(=O)c(CN(Cc3ccco3)[C@@H](c3nnnn3Cc3ccccc3)C(C)C)cc2c1. The van der Waals surface area contributed by atoms with Gasteiger partial charge in [0.25, 0.3) is 5.56 Å². The van der Waals surface area contributed by atoms with E-state index in [1.807, 2.05) is 59.3 Å². The van der Waals surface area contributed by atoms with E-state index < -0.39 is 0 Å². The lowest BCUT2D eigenvalue weighted by molar-refractivity contribution is 0.116. The maximum atomic E-state index is 13.1. The molecule has 9 nitrogen and oxygen atoms in total. The van der Waals surface area contributed by atoms with E-state index in [1.165, 1.54) is 0 Å². The van der Waals surface area contributed by atoms with Gasteiger partial charge in [-0.2, -0.15) is 0 Å². The standard InChI is InChI=1S/C28H30N6O3/c1-19(2)26(27-30-31-32-34(27)16-20-8-5-4-6-9-20)33(18-24-10-7-13-37-24)17-22-14-21-15-23(36-3)11-12-25(21)29-28(22)35/h4-15,19,26H,16-18H2,1-3H3,(H,29,35)/t26-/m1/s1. The van der Waals surface area contributed by atoms with Gasteiger partial charge in [-0.15, -0.1) is 5.10 Å². The molecule has 2 aromatic carbocycles. The van der Waals surface area contributed by atoms with Crippen molar-refractivity contribution >= 4 is 10.9 Å². The number of furan rings is 1. The van der Waals surface area contributed by atoms with E-state index in [0.29, 0.717) is 25.2 Å². The number of tetrazole rings is 1. The first-order valence-electron chi connectivity index (χ1n) is 12.3. The summed E-state index contributed by atoms with van der Waals surface area (Å²) >= 11 is 0. The molecule has 37 heavy (non-hydrogen) atoms. The maximum absolute atomic E-state index is 13.1. The normalized spacial score (nSPS) is 12.5. The number of nitrogens with one attached hydrogen (secondary N) is 1. The number of benzene rings is 2. The molecule has 3 aromatic heterocycles. The molecule has 0 amide bonds. The summed E-state index contributed by atoms with van der Waals surface area (Å²) in [5, 5.41) is 13.7. The zero-order chi connectivity index (χ0) is 25.8. The quantitative estimate of drug-likeness (QED) is 0.301. The molecule has 0 saturated carbocycles. The lowest BCUT2D eigenvalue weighted by Crippen LogP contribution is -2.35. The summed E-state index contributed by atoms with van der Waals surface area (Å²) in [6.07, 6.45) is 1.66. The highest BCUT2D eigenvalue weighted by atomic mass is 16.5. The van der Waals surface area contributed by atoms with E-state index in [0.717, 1.165) is 33.8 Å². The van der Waals surface area contributed by atoms with Crippen molar-refractivity contribution in [2.24, 2.45) is 5.92 Å². The van der Waals surface area contributed by atoms with E-state index in [9.17, 15) is 4.79 Å². The highest BCUT2D eigenvalue weighted by molar-refractivity contribution is 5.80. The van der Waals surface area contributed by atoms with Gasteiger partial charge >= 0.3 is 0 Å². The summed E-state index contributed by atoms with van der Waals surface area (Å²) < 4.78 is 12.9. The molecule has 0 aliphatic carbocycles. The first-order valence-corrected chi connectivity index (χ1v) is 12.3. The molecule has 3 heterocycles. The zero-order valence-electron chi connectivity index (χ0n) is 21.2. The Labute approximate surface area is 214 Å². The van der Waals surface area contributed by atoms with Crippen molar-refractivity contribution in [3.05, 3.63) is 106 Å². The third-order valence-electron chi connectivity index (χ3n) is 6.46. The van der Waals surface area contributed by atoms with Gasteiger partial charge in [-0.3, -0.25) is 9.69 Å². The third kappa shape index (κ3) is 5.46. The molecule has 0 aliphatic rings. The van der Waals surface area contributed by atoms with Gasteiger partial charge in [-0.25, -0.2) is 4.68 Å². The van der Waals surface area contributed by atoms with Crippen LogP contribution in [-0.2, 0) is 19.6 Å². The minimum atomic E-state index is -0.177. The highest BCUT2D eigenvalue weighted by Gasteiger charge is 2.30. The molecule has 0 saturated heterocycles. The van der Waals surface area contributed by atoms with Crippen molar-refractivity contribution in [1.29, 1.82) is 0 Å². The number of aromatic nitrogens is 5. The van der Waals surface area contributed by atoms with Crippen LogP contribution in [0.5, 0.6) is 5.75 Å². The van der Waals surface area contributed by atoms with E-state index in [2.05, 4.69) is 51.4 Å². The second kappa shape index (κ2) is 10.8. The molecule has 0 aliphatic heterocycles. The number of ether oxygens (including phenoxy) is 1. The van der Waals surface area contributed by atoms with Crippen LogP contribution in [0.15, 0.2) is 82.2 Å². The van der Waals surface area contributed by atoms with Crippen LogP contribution in [0.4, 0.5) is 0 Å². The molecule has 1 atom stereocenters. The largest absolute Gasteiger partial charge is 0.497 e. The number of nitrogens with zero attached hydrogens (tertiary/aromatic N) is 5. The smallest absolute Gasteiger partial charge is 0.252 e. The fraction of sp³-hybridized carbons (Fsp3) is 0.286. The molecule has 0 bridgehead atoms. The Kier molecular flexibility index (Phi) is 7.14. The predicted octanol–water partition coefficient (Wildman–Crippen LogP) is 4.56. The summed E-state index contributed by atoms with van der Waals surface area (Å²) in [6.45, 7) is 5.69. The summed E-state index contributed by atoms with van der Waals surface area (Å²) in [5.74, 6) is 2.42. The van der Waals surface area contributed by atoms with E-state index >= 15 is 0 Å². The number of H-pyrrole nitrogens is 1. The van der Waals surface area contributed by atoms with Crippen LogP contribution >= 0.6 is 0 Å². The number of hydrogen-bond donors (Lipinski definition) is 1. The molecule has 190 valence electrons. The average molecular weight is 499 g/mol. The van der Waals surface area contributed by atoms with E-state index in [1.54, 1.807) is 13.4 Å². The monoisotopic (exact) mass is 498 g/mol. The van der Waals surface area contributed by atoms with Crippen molar-refractivity contribution in [3.8, 4) is 5.75 Å². The van der Waals surface area contributed by atoms with Gasteiger partial charge in [-0.05, 0) is 58.3 Å². The zero-order valence-corrected chi connectivity index (χ0v) is 21.2. The van der Waals surface area contributed by atoms with Gasteiger partial charge < -0.3 is 14.1 Å². The molecule has 9 heteroatoms. The molecule has 0 fully saturated rings. The second-order valence-electron chi connectivity index (χ2n) is 9.43. The minimum Gasteiger partial charge on any atom is -0.497 e. The van der Waals surface area contributed by atoms with Crippen LogP contribution in [0.3, 0.4) is 0 Å². The first kappa shape index (κ1) is 24.5. The minimum absolute atomic E-state index is 0.131. The topological polar surface area (TPSA) is 102 Å². The van der Waals surface area contributed by atoms with Gasteiger partial charge in [0, 0.05) is 23.0 Å². The number of methoxy groups -OCH3 is 1. The Hall–Kier alpha value is -4.24.